The number of halogens is 1. The molecule has 0 amide bonds. The Kier molecular flexibility index (Phi) is 5.11. The van der Waals surface area contributed by atoms with Crippen LogP contribution in [-0.4, -0.2) is 28.3 Å². The third-order valence-corrected chi connectivity index (χ3v) is 5.91. The average Bonchev–Trinajstić information content (AvgIpc) is 3.14. The second-order valence-electron chi connectivity index (χ2n) is 4.06. The largest absolute Gasteiger partial charge is 0.465 e. The van der Waals surface area contributed by atoms with Crippen LogP contribution in [-0.2, 0) is 4.74 Å². The molecule has 0 fully saturated rings. The fraction of sp³-hybridized carbons (Fsp3) is 0.0769. The first-order chi connectivity index (χ1) is 11.2. The van der Waals surface area contributed by atoms with Crippen molar-refractivity contribution in [2.75, 3.05) is 12.4 Å². The first-order valence-corrected chi connectivity index (χ1v) is 9.06. The Bertz CT molecular complexity index is 822. The quantitative estimate of drug-likeness (QED) is 0.656. The summed E-state index contributed by atoms with van der Waals surface area (Å²) in [4.78, 5) is 15.9. The molecular weight excluding hydrogens is 376 g/mol. The summed E-state index contributed by atoms with van der Waals surface area (Å²) in [5, 5.41) is 12.1. The van der Waals surface area contributed by atoms with Crippen molar-refractivity contribution >= 4 is 62.8 Å². The summed E-state index contributed by atoms with van der Waals surface area (Å²) in [6.07, 6.45) is 0. The van der Waals surface area contributed by atoms with E-state index >= 15 is 0 Å². The zero-order valence-electron chi connectivity index (χ0n) is 11.6. The maximum atomic E-state index is 11.5. The van der Waals surface area contributed by atoms with E-state index in [0.29, 0.717) is 13.8 Å². The van der Waals surface area contributed by atoms with Gasteiger partial charge in [0.15, 0.2) is 18.7 Å². The number of nitrogens with zero attached hydrogens (tertiary/aromatic N) is 3. The van der Waals surface area contributed by atoms with E-state index in [-0.39, 0.29) is 10.0 Å². The summed E-state index contributed by atoms with van der Waals surface area (Å²) in [7, 11) is 1.30. The zero-order valence-corrected chi connectivity index (χ0v) is 14.9. The number of thiazole rings is 1. The van der Waals surface area contributed by atoms with E-state index in [1.54, 1.807) is 0 Å². The minimum atomic E-state index is -0.497. The van der Waals surface area contributed by atoms with Gasteiger partial charge in [-0.25, -0.2) is 9.78 Å². The molecule has 0 spiro atoms. The zero-order chi connectivity index (χ0) is 16.2. The van der Waals surface area contributed by atoms with Gasteiger partial charge in [-0.3, -0.25) is 0 Å². The van der Waals surface area contributed by atoms with Crippen LogP contribution in [0.5, 0.6) is 0 Å². The number of carbonyl (C=O) groups is 1. The van der Waals surface area contributed by atoms with E-state index < -0.39 is 5.97 Å². The topological polar surface area (TPSA) is 77.0 Å². The molecule has 0 unspecified atom stereocenters. The number of rotatable bonds is 5. The number of benzene rings is 1. The van der Waals surface area contributed by atoms with Gasteiger partial charge in [0.2, 0.25) is 5.13 Å². The molecule has 0 aliphatic heterocycles. The lowest BCUT2D eigenvalue weighted by Gasteiger charge is -1.99. The molecule has 10 heteroatoms. The average molecular weight is 385 g/mol. The van der Waals surface area contributed by atoms with Crippen LogP contribution in [0.1, 0.15) is 9.67 Å². The van der Waals surface area contributed by atoms with Gasteiger partial charge in [0.25, 0.3) is 0 Å². The number of anilines is 2. The molecule has 0 atom stereocenters. The van der Waals surface area contributed by atoms with Crippen molar-refractivity contribution in [2.24, 2.45) is 0 Å². The lowest BCUT2D eigenvalue weighted by Crippen LogP contribution is -1.98. The molecular formula is C13H9ClN4O2S3. The van der Waals surface area contributed by atoms with Gasteiger partial charge in [-0.15, -0.1) is 10.2 Å². The van der Waals surface area contributed by atoms with Crippen LogP contribution in [0.4, 0.5) is 10.8 Å². The number of hydrogen-bond acceptors (Lipinski definition) is 9. The van der Waals surface area contributed by atoms with Gasteiger partial charge in [-0.2, -0.15) is 0 Å². The van der Waals surface area contributed by atoms with Crippen LogP contribution < -0.4 is 5.32 Å². The summed E-state index contributed by atoms with van der Waals surface area (Å²) in [6.45, 7) is 0. The molecule has 0 aliphatic rings. The summed E-state index contributed by atoms with van der Waals surface area (Å²) in [6, 6.07) is 9.70. The van der Waals surface area contributed by atoms with Gasteiger partial charge >= 0.3 is 5.97 Å². The molecule has 1 aromatic carbocycles. The number of methoxy groups -OCH3 is 1. The molecule has 0 aliphatic carbocycles. The molecule has 0 saturated carbocycles. The molecule has 3 aromatic rings. The van der Waals surface area contributed by atoms with Gasteiger partial charge < -0.3 is 10.1 Å². The number of aromatic nitrogens is 3. The van der Waals surface area contributed by atoms with Crippen molar-refractivity contribution in [3.8, 4) is 0 Å². The minimum Gasteiger partial charge on any atom is -0.465 e. The lowest BCUT2D eigenvalue weighted by molar-refractivity contribution is 0.0606. The Labute approximate surface area is 148 Å². The van der Waals surface area contributed by atoms with Crippen LogP contribution in [0.15, 0.2) is 39.0 Å². The summed E-state index contributed by atoms with van der Waals surface area (Å²) >= 11 is 9.79. The third kappa shape index (κ3) is 3.99. The lowest BCUT2D eigenvalue weighted by atomic mass is 10.3. The SMILES string of the molecule is COC(=O)c1sc(Sc2nnc(Nc3ccccc3)s2)nc1Cl. The fourth-order valence-corrected chi connectivity index (χ4v) is 4.87. The van der Waals surface area contributed by atoms with Crippen LogP contribution in [0, 0.1) is 0 Å². The molecule has 118 valence electrons. The Morgan fingerprint density at radius 2 is 2.00 bits per heavy atom. The summed E-state index contributed by atoms with van der Waals surface area (Å²) in [5.41, 5.74) is 0.936. The Hall–Kier alpha value is -1.68. The van der Waals surface area contributed by atoms with Crippen molar-refractivity contribution in [1.29, 1.82) is 0 Å². The Morgan fingerprint density at radius 3 is 2.74 bits per heavy atom. The minimum absolute atomic E-state index is 0.136. The number of ether oxygens (including phenoxy) is 1. The molecule has 0 saturated heterocycles. The van der Waals surface area contributed by atoms with Crippen molar-refractivity contribution in [3.63, 3.8) is 0 Å². The number of hydrogen-bond donors (Lipinski definition) is 1. The second kappa shape index (κ2) is 7.26. The van der Waals surface area contributed by atoms with Gasteiger partial charge in [0.05, 0.1) is 7.11 Å². The fourth-order valence-electron chi connectivity index (χ4n) is 1.57. The van der Waals surface area contributed by atoms with Crippen molar-refractivity contribution in [2.45, 2.75) is 8.68 Å². The van der Waals surface area contributed by atoms with E-state index in [0.717, 1.165) is 17.0 Å². The van der Waals surface area contributed by atoms with E-state index in [2.05, 4.69) is 25.2 Å². The van der Waals surface area contributed by atoms with Crippen molar-refractivity contribution in [3.05, 3.63) is 40.4 Å². The highest BCUT2D eigenvalue weighted by Crippen LogP contribution is 2.37. The highest BCUT2D eigenvalue weighted by atomic mass is 35.5. The van der Waals surface area contributed by atoms with Gasteiger partial charge in [-0.05, 0) is 23.9 Å². The number of nitrogens with one attached hydrogen (secondary N) is 1. The number of esters is 1. The first-order valence-electron chi connectivity index (χ1n) is 6.24. The van der Waals surface area contributed by atoms with E-state index in [1.165, 1.54) is 30.2 Å². The maximum absolute atomic E-state index is 11.5. The molecule has 0 bridgehead atoms. The summed E-state index contributed by atoms with van der Waals surface area (Å²) < 4.78 is 5.96. The highest BCUT2D eigenvalue weighted by Gasteiger charge is 2.19. The smallest absolute Gasteiger partial charge is 0.351 e. The van der Waals surface area contributed by atoms with Crippen LogP contribution in [0.3, 0.4) is 0 Å². The van der Waals surface area contributed by atoms with Crippen LogP contribution >= 0.6 is 46.0 Å². The number of para-hydroxylation sites is 1. The molecule has 6 nitrogen and oxygen atoms in total. The standard InChI is InChI=1S/C13H9ClN4O2S3/c1-20-10(19)8-9(14)16-12(21-8)23-13-18-17-11(22-13)15-7-5-3-2-4-6-7/h2-6H,1H3,(H,15,17). The normalized spacial score (nSPS) is 10.5. The molecule has 2 aromatic heterocycles. The molecule has 2 heterocycles. The first kappa shape index (κ1) is 16.2. The Morgan fingerprint density at radius 1 is 1.22 bits per heavy atom. The summed E-state index contributed by atoms with van der Waals surface area (Å²) in [5.74, 6) is -0.497. The maximum Gasteiger partial charge on any atom is 0.351 e. The number of carbonyl (C=O) groups excluding carboxylic acids is 1. The van der Waals surface area contributed by atoms with Gasteiger partial charge in [0.1, 0.15) is 0 Å². The van der Waals surface area contributed by atoms with Crippen molar-refractivity contribution in [1.82, 2.24) is 15.2 Å². The Balaban J connectivity index is 1.71. The van der Waals surface area contributed by atoms with E-state index in [4.69, 9.17) is 11.6 Å². The molecule has 1 N–H and O–H groups in total. The second-order valence-corrected chi connectivity index (χ2v) is 7.89. The van der Waals surface area contributed by atoms with Crippen molar-refractivity contribution < 1.29 is 9.53 Å². The molecule has 23 heavy (non-hydrogen) atoms. The predicted octanol–water partition coefficient (Wildman–Crippen LogP) is 4.33. The van der Waals surface area contributed by atoms with Crippen LogP contribution in [0.2, 0.25) is 5.15 Å². The van der Waals surface area contributed by atoms with Crippen LogP contribution in [0.25, 0.3) is 0 Å². The third-order valence-electron chi connectivity index (χ3n) is 2.54. The van der Waals surface area contributed by atoms with E-state index in [1.807, 2.05) is 30.3 Å². The predicted molar refractivity (Wildman–Crippen MR) is 92.2 cm³/mol. The van der Waals surface area contributed by atoms with E-state index in [9.17, 15) is 4.79 Å². The molecule has 3 rings (SSSR count). The van der Waals surface area contributed by atoms with Gasteiger partial charge in [-0.1, -0.05) is 52.5 Å². The monoisotopic (exact) mass is 384 g/mol. The molecule has 0 radical (unpaired) electrons. The highest BCUT2D eigenvalue weighted by molar-refractivity contribution is 8.02. The van der Waals surface area contributed by atoms with Gasteiger partial charge in [0, 0.05) is 5.69 Å².